The van der Waals surface area contributed by atoms with E-state index >= 15 is 0 Å². The number of aryl methyl sites for hydroxylation is 2. The molecule has 0 saturated carbocycles. The zero-order chi connectivity index (χ0) is 18.3. The van der Waals surface area contributed by atoms with Crippen LogP contribution < -0.4 is 10.1 Å². The smallest absolute Gasteiger partial charge is 0.165 e. The maximum atomic E-state index is 14.1. The number of piperidine rings is 1. The molecule has 1 aromatic heterocycles. The number of aromatic nitrogens is 2. The van der Waals surface area contributed by atoms with Crippen LogP contribution in [0.2, 0.25) is 0 Å². The second-order valence-electron chi connectivity index (χ2n) is 7.07. The Morgan fingerprint density at radius 2 is 1.86 bits per heavy atom. The van der Waals surface area contributed by atoms with E-state index in [2.05, 4.69) is 28.9 Å². The first-order valence-electron chi connectivity index (χ1n) is 9.10. The zero-order valence-electron chi connectivity index (χ0n) is 16.3. The number of nitrogens with one attached hydrogen (secondary N) is 1. The van der Waals surface area contributed by atoms with E-state index in [4.69, 9.17) is 9.72 Å². The van der Waals surface area contributed by atoms with Crippen molar-refractivity contribution in [1.29, 1.82) is 0 Å². The fourth-order valence-electron chi connectivity index (χ4n) is 3.94. The maximum Gasteiger partial charge on any atom is 0.165 e. The molecule has 0 bridgehead atoms. The first kappa shape index (κ1) is 22.5. The molecule has 1 aliphatic rings. The lowest BCUT2D eigenvalue weighted by Gasteiger charge is -2.23. The van der Waals surface area contributed by atoms with Crippen molar-refractivity contribution in [2.24, 2.45) is 7.05 Å². The van der Waals surface area contributed by atoms with Gasteiger partial charge in [-0.15, -0.1) is 24.8 Å². The molecule has 4 rings (SSSR count). The molecule has 0 unspecified atom stereocenters. The SMILES string of the molecule is COc1ccc(-c2nc3c(C)cc(C4CCNCC4)cc3n2C)cc1F.Cl.Cl. The van der Waals surface area contributed by atoms with Gasteiger partial charge in [-0.25, -0.2) is 9.37 Å². The largest absolute Gasteiger partial charge is 0.494 e. The second-order valence-corrected chi connectivity index (χ2v) is 7.07. The summed E-state index contributed by atoms with van der Waals surface area (Å²) in [5.41, 5.74) is 5.39. The lowest BCUT2D eigenvalue weighted by Crippen LogP contribution is -2.26. The standard InChI is InChI=1S/C21H24FN3O.2ClH/c1-13-10-16(14-6-8-23-9-7-14)12-18-20(13)24-21(25(18)2)15-4-5-19(26-3)17(22)11-15;;/h4-5,10-12,14,23H,6-9H2,1-3H3;2*1H. The summed E-state index contributed by atoms with van der Waals surface area (Å²) in [4.78, 5) is 4.81. The Morgan fingerprint density at radius 3 is 2.50 bits per heavy atom. The molecule has 1 saturated heterocycles. The highest BCUT2D eigenvalue weighted by atomic mass is 35.5. The summed E-state index contributed by atoms with van der Waals surface area (Å²) >= 11 is 0. The van der Waals surface area contributed by atoms with E-state index in [1.165, 1.54) is 37.1 Å². The van der Waals surface area contributed by atoms with Crippen molar-refractivity contribution in [3.63, 3.8) is 0 Å². The fraction of sp³-hybridized carbons (Fsp3) is 0.381. The highest BCUT2D eigenvalue weighted by Crippen LogP contribution is 2.33. The van der Waals surface area contributed by atoms with Gasteiger partial charge in [0, 0.05) is 12.6 Å². The summed E-state index contributed by atoms with van der Waals surface area (Å²) in [6, 6.07) is 9.52. The van der Waals surface area contributed by atoms with Gasteiger partial charge in [-0.1, -0.05) is 6.07 Å². The Kier molecular flexibility index (Phi) is 7.32. The lowest BCUT2D eigenvalue weighted by atomic mass is 9.89. The molecule has 28 heavy (non-hydrogen) atoms. The van der Waals surface area contributed by atoms with E-state index in [0.717, 1.165) is 35.5 Å². The Balaban J connectivity index is 0.00000140. The molecular formula is C21H26Cl2FN3O. The molecule has 3 aromatic rings. The molecule has 0 radical (unpaired) electrons. The predicted octanol–water partition coefficient (Wildman–Crippen LogP) is 5.01. The first-order valence-corrected chi connectivity index (χ1v) is 9.10. The third kappa shape index (κ3) is 3.97. The van der Waals surface area contributed by atoms with Gasteiger partial charge in [0.2, 0.25) is 0 Å². The fourth-order valence-corrected chi connectivity index (χ4v) is 3.94. The van der Waals surface area contributed by atoms with Crippen LogP contribution in [0.5, 0.6) is 5.75 Å². The highest BCUT2D eigenvalue weighted by molar-refractivity contribution is 5.86. The first-order chi connectivity index (χ1) is 12.6. The average Bonchev–Trinajstić information content (AvgIpc) is 3.00. The van der Waals surface area contributed by atoms with Gasteiger partial charge in [0.15, 0.2) is 11.6 Å². The van der Waals surface area contributed by atoms with Gasteiger partial charge in [0.25, 0.3) is 0 Å². The van der Waals surface area contributed by atoms with E-state index in [-0.39, 0.29) is 36.4 Å². The number of methoxy groups -OCH3 is 1. The number of fused-ring (bicyclic) bond motifs is 1. The lowest BCUT2D eigenvalue weighted by molar-refractivity contribution is 0.386. The molecule has 2 aromatic carbocycles. The minimum Gasteiger partial charge on any atom is -0.494 e. The number of hydrogen-bond acceptors (Lipinski definition) is 3. The van der Waals surface area contributed by atoms with Gasteiger partial charge in [-0.05, 0) is 74.2 Å². The number of nitrogens with zero attached hydrogens (tertiary/aromatic N) is 2. The monoisotopic (exact) mass is 425 g/mol. The van der Waals surface area contributed by atoms with Gasteiger partial charge >= 0.3 is 0 Å². The van der Waals surface area contributed by atoms with E-state index < -0.39 is 0 Å². The Labute approximate surface area is 177 Å². The Bertz CT molecular complexity index is 968. The van der Waals surface area contributed by atoms with E-state index in [1.54, 1.807) is 6.07 Å². The van der Waals surface area contributed by atoms with E-state index in [9.17, 15) is 4.39 Å². The minimum absolute atomic E-state index is 0. The predicted molar refractivity (Wildman–Crippen MR) is 117 cm³/mol. The van der Waals surface area contributed by atoms with Crippen LogP contribution in [-0.4, -0.2) is 29.8 Å². The zero-order valence-corrected chi connectivity index (χ0v) is 17.9. The van der Waals surface area contributed by atoms with Crippen LogP contribution in [0.25, 0.3) is 22.4 Å². The van der Waals surface area contributed by atoms with Crippen molar-refractivity contribution in [2.75, 3.05) is 20.2 Å². The molecule has 1 N–H and O–H groups in total. The number of hydrogen-bond donors (Lipinski definition) is 1. The van der Waals surface area contributed by atoms with Gasteiger partial charge in [0.05, 0.1) is 18.1 Å². The molecule has 0 aliphatic carbocycles. The molecule has 0 atom stereocenters. The summed E-state index contributed by atoms with van der Waals surface area (Å²) in [5.74, 6) is 1.24. The van der Waals surface area contributed by atoms with Crippen LogP contribution in [-0.2, 0) is 7.05 Å². The van der Waals surface area contributed by atoms with E-state index in [1.807, 2.05) is 13.1 Å². The highest BCUT2D eigenvalue weighted by Gasteiger charge is 2.19. The normalized spacial score (nSPS) is 14.4. The summed E-state index contributed by atoms with van der Waals surface area (Å²) in [6.07, 6.45) is 2.33. The third-order valence-corrected chi connectivity index (χ3v) is 5.42. The molecule has 4 nitrogen and oxygen atoms in total. The van der Waals surface area contributed by atoms with Crippen LogP contribution in [0, 0.1) is 12.7 Å². The van der Waals surface area contributed by atoms with Crippen molar-refractivity contribution in [2.45, 2.75) is 25.7 Å². The van der Waals surface area contributed by atoms with Gasteiger partial charge in [-0.2, -0.15) is 0 Å². The molecule has 0 amide bonds. The van der Waals surface area contributed by atoms with Gasteiger partial charge in [-0.3, -0.25) is 0 Å². The molecule has 152 valence electrons. The summed E-state index contributed by atoms with van der Waals surface area (Å²) in [5, 5.41) is 3.42. The number of rotatable bonds is 3. The van der Waals surface area contributed by atoms with Gasteiger partial charge < -0.3 is 14.6 Å². The molecule has 2 heterocycles. The van der Waals surface area contributed by atoms with Crippen molar-refractivity contribution in [1.82, 2.24) is 14.9 Å². The van der Waals surface area contributed by atoms with Crippen molar-refractivity contribution in [3.05, 3.63) is 47.3 Å². The summed E-state index contributed by atoms with van der Waals surface area (Å²) < 4.78 is 21.2. The van der Waals surface area contributed by atoms with Crippen molar-refractivity contribution in [3.8, 4) is 17.1 Å². The number of imidazole rings is 1. The summed E-state index contributed by atoms with van der Waals surface area (Å²) in [7, 11) is 3.47. The second kappa shape index (κ2) is 9.12. The number of benzene rings is 2. The number of ether oxygens (including phenoxy) is 1. The topological polar surface area (TPSA) is 39.1 Å². The Morgan fingerprint density at radius 1 is 1.14 bits per heavy atom. The van der Waals surface area contributed by atoms with Crippen LogP contribution in [0.1, 0.15) is 29.9 Å². The summed E-state index contributed by atoms with van der Waals surface area (Å²) in [6.45, 7) is 4.26. The van der Waals surface area contributed by atoms with Crippen LogP contribution >= 0.6 is 24.8 Å². The molecule has 7 heteroatoms. The van der Waals surface area contributed by atoms with Crippen LogP contribution in [0.15, 0.2) is 30.3 Å². The van der Waals surface area contributed by atoms with Crippen LogP contribution in [0.3, 0.4) is 0 Å². The maximum absolute atomic E-state index is 14.1. The van der Waals surface area contributed by atoms with Crippen molar-refractivity contribution < 1.29 is 9.13 Å². The van der Waals surface area contributed by atoms with Crippen LogP contribution in [0.4, 0.5) is 4.39 Å². The molecule has 1 fully saturated rings. The van der Waals surface area contributed by atoms with Crippen molar-refractivity contribution >= 4 is 35.8 Å². The Hall–Kier alpha value is -1.82. The third-order valence-electron chi connectivity index (χ3n) is 5.42. The molecule has 0 spiro atoms. The molecule has 1 aliphatic heterocycles. The number of halogens is 3. The quantitative estimate of drug-likeness (QED) is 0.640. The van der Waals surface area contributed by atoms with Gasteiger partial charge in [0.1, 0.15) is 5.82 Å². The average molecular weight is 426 g/mol. The van der Waals surface area contributed by atoms with E-state index in [0.29, 0.717) is 5.92 Å². The molecular weight excluding hydrogens is 400 g/mol. The minimum atomic E-state index is -0.371.